The zero-order valence-corrected chi connectivity index (χ0v) is 22.8. The van der Waals surface area contributed by atoms with Crippen LogP contribution >= 0.6 is 11.8 Å². The number of hydrogen-bond donors (Lipinski definition) is 2. The van der Waals surface area contributed by atoms with Gasteiger partial charge in [-0.15, -0.1) is 0 Å². The van der Waals surface area contributed by atoms with Crippen LogP contribution < -0.4 is 0 Å². The van der Waals surface area contributed by atoms with Gasteiger partial charge in [-0.25, -0.2) is 0 Å². The summed E-state index contributed by atoms with van der Waals surface area (Å²) in [5.41, 5.74) is 1.61. The zero-order chi connectivity index (χ0) is 29.0. The number of esters is 4. The van der Waals surface area contributed by atoms with Gasteiger partial charge in [-0.1, -0.05) is 30.0 Å². The molecular weight excluding hydrogens is 546 g/mol. The van der Waals surface area contributed by atoms with Crippen LogP contribution in [0.1, 0.15) is 39.0 Å². The molecule has 0 saturated carbocycles. The van der Waals surface area contributed by atoms with Gasteiger partial charge in [0.2, 0.25) is 5.88 Å². The fraction of sp³-hybridized carbons (Fsp3) is 0.385. The van der Waals surface area contributed by atoms with Gasteiger partial charge in [0.15, 0.2) is 28.9 Å². The second-order valence-corrected chi connectivity index (χ2v) is 9.93. The topological polar surface area (TPSA) is 176 Å². The van der Waals surface area contributed by atoms with Gasteiger partial charge in [0, 0.05) is 45.0 Å². The van der Waals surface area contributed by atoms with Crippen molar-refractivity contribution in [2.45, 2.75) is 62.7 Å². The third kappa shape index (κ3) is 6.87. The molecule has 1 aromatic heterocycles. The smallest absolute Gasteiger partial charge is 0.303 e. The molecule has 13 nitrogen and oxygen atoms in total. The van der Waals surface area contributed by atoms with E-state index in [9.17, 15) is 24.3 Å². The van der Waals surface area contributed by atoms with Gasteiger partial charge < -0.3 is 33.8 Å². The summed E-state index contributed by atoms with van der Waals surface area (Å²) in [4.78, 5) is 58.9. The molecular formula is C26H27N3O10S. The molecule has 5 atom stereocenters. The van der Waals surface area contributed by atoms with Crippen molar-refractivity contribution in [1.29, 1.82) is 0 Å². The highest BCUT2D eigenvalue weighted by molar-refractivity contribution is 7.99. The van der Waals surface area contributed by atoms with Crippen LogP contribution in [0.15, 0.2) is 34.4 Å². The first-order chi connectivity index (χ1) is 19.0. The second kappa shape index (κ2) is 12.3. The molecule has 0 spiro atoms. The van der Waals surface area contributed by atoms with Crippen LogP contribution in [0.5, 0.6) is 5.88 Å². The predicted molar refractivity (Wildman–Crippen MR) is 141 cm³/mol. The number of aromatic amines is 1. The number of hydrogen-bond acceptors (Lipinski definition) is 13. The fourth-order valence-electron chi connectivity index (χ4n) is 4.21. The number of H-pyrrole nitrogens is 1. The largest absolute Gasteiger partial charge is 0.492 e. The summed E-state index contributed by atoms with van der Waals surface area (Å²) in [6.45, 7) is 4.28. The van der Waals surface area contributed by atoms with Crippen LogP contribution in [0.2, 0.25) is 0 Å². The number of rotatable bonds is 8. The van der Waals surface area contributed by atoms with E-state index in [-0.39, 0.29) is 23.3 Å². The Balaban J connectivity index is 1.65. The lowest BCUT2D eigenvalue weighted by molar-refractivity contribution is -0.237. The van der Waals surface area contributed by atoms with Crippen LogP contribution in [-0.4, -0.2) is 81.6 Å². The Labute approximate surface area is 232 Å². The number of thioether (sulfide) groups is 1. The first-order valence-corrected chi connectivity index (χ1v) is 13.0. The van der Waals surface area contributed by atoms with Crippen molar-refractivity contribution in [1.82, 2.24) is 9.97 Å². The van der Waals surface area contributed by atoms with Crippen molar-refractivity contribution in [2.75, 3.05) is 6.61 Å². The van der Waals surface area contributed by atoms with Gasteiger partial charge in [-0.2, -0.15) is 4.98 Å². The van der Waals surface area contributed by atoms with Crippen molar-refractivity contribution in [3.05, 3.63) is 35.5 Å². The minimum absolute atomic E-state index is 0.175. The number of fused-ring (bicyclic) bond motifs is 1. The van der Waals surface area contributed by atoms with Crippen LogP contribution in [0, 0.1) is 0 Å². The number of para-hydroxylation sites is 1. The van der Waals surface area contributed by atoms with E-state index in [2.05, 4.69) is 15.0 Å². The molecule has 4 rings (SSSR count). The molecule has 0 bridgehead atoms. The van der Waals surface area contributed by atoms with E-state index in [0.29, 0.717) is 0 Å². The number of aromatic hydroxyl groups is 1. The molecule has 2 aliphatic heterocycles. The summed E-state index contributed by atoms with van der Waals surface area (Å²) in [6.07, 6.45) is -1.61. The van der Waals surface area contributed by atoms with E-state index in [0.717, 1.165) is 49.4 Å². The van der Waals surface area contributed by atoms with E-state index in [1.807, 2.05) is 24.3 Å². The van der Waals surface area contributed by atoms with E-state index < -0.39 is 53.7 Å². The van der Waals surface area contributed by atoms with Gasteiger partial charge in [-0.05, 0) is 12.1 Å². The third-order valence-electron chi connectivity index (χ3n) is 5.72. The molecule has 2 aliphatic rings. The van der Waals surface area contributed by atoms with Gasteiger partial charge in [0.1, 0.15) is 18.4 Å². The number of ether oxygens (including phenoxy) is 5. The Bertz CT molecular complexity index is 1370. The molecule has 2 aromatic rings. The summed E-state index contributed by atoms with van der Waals surface area (Å²) < 4.78 is 27.4. The lowest BCUT2D eigenvalue weighted by Crippen LogP contribution is -2.61. The first-order valence-electron chi connectivity index (χ1n) is 12.1. The molecule has 1 saturated heterocycles. The van der Waals surface area contributed by atoms with Crippen molar-refractivity contribution in [3.8, 4) is 5.88 Å². The van der Waals surface area contributed by atoms with Crippen LogP contribution in [0.3, 0.4) is 0 Å². The Hall–Kier alpha value is -4.17. The van der Waals surface area contributed by atoms with Crippen LogP contribution in [0.25, 0.3) is 11.6 Å². The zero-order valence-electron chi connectivity index (χ0n) is 22.0. The first kappa shape index (κ1) is 28.8. The van der Waals surface area contributed by atoms with Gasteiger partial charge >= 0.3 is 23.9 Å². The molecule has 212 valence electrons. The standard InChI is InChI=1S/C26H27N3O10S/c1-12(30)35-11-20-21(36-13(2)31)22(37-14(3)32)23(38-15(4)33)25(39-20)40-26-28-19(24(34)29-26)9-16-10-27-18-8-6-5-7-17(16)18/h5-10,20-23,25,34H,11H2,1-4H3,(H,28,29)/t20-,21-,22+,23-,25+/m1/s1. The normalized spacial score (nSPS) is 24.3. The van der Waals surface area contributed by atoms with Crippen molar-refractivity contribution < 1.29 is 48.0 Å². The van der Waals surface area contributed by atoms with Crippen molar-refractivity contribution in [3.63, 3.8) is 0 Å². The highest BCUT2D eigenvalue weighted by atomic mass is 32.2. The van der Waals surface area contributed by atoms with E-state index in [1.54, 1.807) is 12.3 Å². The number of carbonyl (C=O) groups excluding carboxylic acids is 4. The number of nitrogens with one attached hydrogen (secondary N) is 1. The van der Waals surface area contributed by atoms with Crippen molar-refractivity contribution >= 4 is 59.2 Å². The fourth-order valence-corrected chi connectivity index (χ4v) is 5.29. The third-order valence-corrected chi connectivity index (χ3v) is 6.75. The summed E-state index contributed by atoms with van der Waals surface area (Å²) in [7, 11) is 0. The lowest BCUT2D eigenvalue weighted by Gasteiger charge is -2.43. The summed E-state index contributed by atoms with van der Waals surface area (Å²) in [5, 5.41) is 10.7. The molecule has 0 amide bonds. The maximum Gasteiger partial charge on any atom is 0.303 e. The Kier molecular flexibility index (Phi) is 8.90. The second-order valence-electron chi connectivity index (χ2n) is 8.84. The average molecular weight is 574 g/mol. The summed E-state index contributed by atoms with van der Waals surface area (Å²) >= 11 is 0.922. The molecule has 2 N–H and O–H groups in total. The van der Waals surface area contributed by atoms with Gasteiger partial charge in [0.05, 0.1) is 5.69 Å². The summed E-state index contributed by atoms with van der Waals surface area (Å²) in [6, 6.07) is 7.51. The monoisotopic (exact) mass is 573 g/mol. The Morgan fingerprint density at radius 1 is 0.975 bits per heavy atom. The highest BCUT2D eigenvalue weighted by Gasteiger charge is 2.52. The maximum absolute atomic E-state index is 12.0. The number of nitrogens with zero attached hydrogens (tertiary/aromatic N) is 2. The molecule has 0 unspecified atom stereocenters. The quantitative estimate of drug-likeness (QED) is 0.349. The molecule has 40 heavy (non-hydrogen) atoms. The van der Waals surface area contributed by atoms with Gasteiger partial charge in [0.25, 0.3) is 0 Å². The summed E-state index contributed by atoms with van der Waals surface area (Å²) in [5.74, 6) is -3.11. The minimum atomic E-state index is -1.31. The lowest BCUT2D eigenvalue weighted by atomic mass is 9.99. The van der Waals surface area contributed by atoms with Crippen LogP contribution in [0.4, 0.5) is 5.69 Å². The van der Waals surface area contributed by atoms with Crippen LogP contribution in [-0.2, 0) is 42.9 Å². The van der Waals surface area contributed by atoms with Gasteiger partial charge in [-0.3, -0.25) is 24.2 Å². The molecule has 14 heteroatoms. The number of benzene rings is 1. The Morgan fingerprint density at radius 2 is 1.62 bits per heavy atom. The molecule has 1 aromatic carbocycles. The van der Waals surface area contributed by atoms with Crippen molar-refractivity contribution in [2.24, 2.45) is 4.99 Å². The average Bonchev–Trinajstić information content (AvgIpc) is 3.43. The number of aromatic nitrogens is 2. The molecule has 1 fully saturated rings. The molecule has 3 heterocycles. The number of allylic oxidation sites excluding steroid dienone is 1. The number of carbonyl (C=O) groups is 4. The minimum Gasteiger partial charge on any atom is -0.492 e. The SMILES string of the molecule is CC(=O)OC[C@H]1O[C@@H](Sc2nc(O)c(C=C3C=Nc4ccccc43)[nH]2)[C@H](OC(C)=O)[C@@H](OC(C)=O)[C@@H]1OC(C)=O. The highest BCUT2D eigenvalue weighted by Crippen LogP contribution is 2.38. The van der Waals surface area contributed by atoms with E-state index >= 15 is 0 Å². The number of imidazole rings is 1. The number of aliphatic imine (C=N–C) groups is 1. The molecule has 0 radical (unpaired) electrons. The Morgan fingerprint density at radius 3 is 2.30 bits per heavy atom. The maximum atomic E-state index is 12.0. The molecule has 0 aliphatic carbocycles. The van der Waals surface area contributed by atoms with E-state index in [1.165, 1.54) is 6.92 Å². The predicted octanol–water partition coefficient (Wildman–Crippen LogP) is 2.55. The van der Waals surface area contributed by atoms with E-state index in [4.69, 9.17) is 23.7 Å².